The van der Waals surface area contributed by atoms with E-state index in [1.165, 1.54) is 18.4 Å². The van der Waals surface area contributed by atoms with Gasteiger partial charge in [0.25, 0.3) is 5.91 Å². The van der Waals surface area contributed by atoms with Crippen molar-refractivity contribution in [1.82, 2.24) is 9.80 Å². The predicted molar refractivity (Wildman–Crippen MR) is 131 cm³/mol. The average molecular weight is 481 g/mol. The molecule has 0 spiro atoms. The maximum atomic E-state index is 13.2. The van der Waals surface area contributed by atoms with E-state index in [-0.39, 0.29) is 5.57 Å². The molecule has 1 aromatic heterocycles. The fourth-order valence-electron chi connectivity index (χ4n) is 4.37. The molecule has 0 radical (unpaired) electrons. The van der Waals surface area contributed by atoms with Crippen LogP contribution in [0.3, 0.4) is 0 Å². The lowest BCUT2D eigenvalue weighted by Crippen LogP contribution is -2.39. The van der Waals surface area contributed by atoms with E-state index in [1.54, 1.807) is 17.0 Å². The Kier molecular flexibility index (Phi) is 8.39. The zero-order valence-corrected chi connectivity index (χ0v) is 20.0. The second-order valence-corrected chi connectivity index (χ2v) is 8.60. The molecule has 35 heavy (non-hydrogen) atoms. The zero-order valence-electron chi connectivity index (χ0n) is 20.0. The third kappa shape index (κ3) is 6.01. The molecule has 4 rings (SSSR count). The van der Waals surface area contributed by atoms with Crippen molar-refractivity contribution in [3.8, 4) is 5.75 Å². The Bertz CT molecular complexity index is 1050. The summed E-state index contributed by atoms with van der Waals surface area (Å²) in [5.41, 5.74) is 0.818. The molecule has 0 aliphatic carbocycles. The number of ether oxygens (including phenoxy) is 2. The third-order valence-electron chi connectivity index (χ3n) is 6.16. The SMILES string of the molecule is CCCOc1ccc([C@H]2C(C(=O)/C=C/c3ccco3)=C(O)C(=O)N2CCCN2CCOCC2)cc1. The van der Waals surface area contributed by atoms with E-state index in [1.807, 2.05) is 31.2 Å². The highest BCUT2D eigenvalue weighted by molar-refractivity contribution is 6.14. The molecular formula is C27H32N2O6. The van der Waals surface area contributed by atoms with Crippen LogP contribution in [0.25, 0.3) is 6.08 Å². The quantitative estimate of drug-likeness (QED) is 0.490. The lowest BCUT2D eigenvalue weighted by atomic mass is 9.95. The summed E-state index contributed by atoms with van der Waals surface area (Å²) in [4.78, 5) is 30.2. The average Bonchev–Trinajstić information content (AvgIpc) is 3.49. The van der Waals surface area contributed by atoms with Crippen LogP contribution in [0.2, 0.25) is 0 Å². The molecule has 1 atom stereocenters. The van der Waals surface area contributed by atoms with Gasteiger partial charge in [0.1, 0.15) is 11.5 Å². The lowest BCUT2D eigenvalue weighted by molar-refractivity contribution is -0.129. The third-order valence-corrected chi connectivity index (χ3v) is 6.16. The van der Waals surface area contributed by atoms with Gasteiger partial charge in [-0.3, -0.25) is 14.5 Å². The summed E-state index contributed by atoms with van der Waals surface area (Å²) in [5.74, 6) is -0.226. The minimum Gasteiger partial charge on any atom is -0.503 e. The van der Waals surface area contributed by atoms with Crippen molar-refractivity contribution in [3.63, 3.8) is 0 Å². The second-order valence-electron chi connectivity index (χ2n) is 8.60. The number of ketones is 1. The Labute approximate surface area is 205 Å². The number of amides is 1. The highest BCUT2D eigenvalue weighted by atomic mass is 16.5. The maximum absolute atomic E-state index is 13.2. The number of nitrogens with zero attached hydrogens (tertiary/aromatic N) is 2. The molecule has 1 amide bonds. The number of aliphatic hydroxyl groups excluding tert-OH is 1. The summed E-state index contributed by atoms with van der Waals surface area (Å²) in [6.07, 6.45) is 6.00. The number of allylic oxidation sites excluding steroid dienone is 1. The Balaban J connectivity index is 1.56. The van der Waals surface area contributed by atoms with Crippen LogP contribution < -0.4 is 4.74 Å². The molecule has 0 saturated carbocycles. The van der Waals surface area contributed by atoms with Crippen LogP contribution in [-0.2, 0) is 14.3 Å². The number of carbonyl (C=O) groups is 2. The first kappa shape index (κ1) is 24.8. The summed E-state index contributed by atoms with van der Waals surface area (Å²) in [7, 11) is 0. The van der Waals surface area contributed by atoms with Crippen molar-refractivity contribution in [2.75, 3.05) is 46.0 Å². The second kappa shape index (κ2) is 11.9. The standard InChI is InChI=1S/C27H32N2O6/c1-2-16-34-22-8-6-20(7-9-22)25-24(23(30)11-10-21-5-3-17-35-21)26(31)27(32)29(25)13-4-12-28-14-18-33-19-15-28/h3,5-11,17,25,31H,2,4,12-16,18-19H2,1H3/b11-10+/t25-/m0/s1. The predicted octanol–water partition coefficient (Wildman–Crippen LogP) is 3.77. The summed E-state index contributed by atoms with van der Waals surface area (Å²) >= 11 is 0. The van der Waals surface area contributed by atoms with Crippen molar-refractivity contribution in [3.05, 3.63) is 71.4 Å². The number of carbonyl (C=O) groups excluding carboxylic acids is 2. The summed E-state index contributed by atoms with van der Waals surface area (Å²) in [6.45, 7) is 7.01. The monoisotopic (exact) mass is 480 g/mol. The highest BCUT2D eigenvalue weighted by Crippen LogP contribution is 2.38. The Hall–Kier alpha value is -3.36. The number of furan rings is 1. The molecule has 3 heterocycles. The molecule has 2 aromatic rings. The summed E-state index contributed by atoms with van der Waals surface area (Å²) in [5, 5.41) is 10.8. The Morgan fingerprint density at radius 1 is 1.17 bits per heavy atom. The molecule has 1 saturated heterocycles. The number of rotatable bonds is 11. The van der Waals surface area contributed by atoms with Gasteiger partial charge in [-0.25, -0.2) is 0 Å². The van der Waals surface area contributed by atoms with Crippen LogP contribution in [-0.4, -0.2) is 72.6 Å². The molecule has 0 unspecified atom stereocenters. The van der Waals surface area contributed by atoms with E-state index < -0.39 is 23.5 Å². The van der Waals surface area contributed by atoms with Crippen molar-refractivity contribution in [1.29, 1.82) is 0 Å². The van der Waals surface area contributed by atoms with Gasteiger partial charge in [-0.05, 0) is 54.8 Å². The fraction of sp³-hybridized carbons (Fsp3) is 0.407. The highest BCUT2D eigenvalue weighted by Gasteiger charge is 2.42. The summed E-state index contributed by atoms with van der Waals surface area (Å²) in [6, 6.07) is 10.1. The fourth-order valence-corrected chi connectivity index (χ4v) is 4.37. The van der Waals surface area contributed by atoms with E-state index >= 15 is 0 Å². The molecular weight excluding hydrogens is 448 g/mol. The van der Waals surface area contributed by atoms with Gasteiger partial charge in [0.05, 0.1) is 37.7 Å². The smallest absolute Gasteiger partial charge is 0.290 e. The molecule has 2 aliphatic rings. The van der Waals surface area contributed by atoms with E-state index in [0.29, 0.717) is 32.1 Å². The minimum absolute atomic E-state index is 0.0754. The van der Waals surface area contributed by atoms with Gasteiger partial charge in [0, 0.05) is 26.2 Å². The first-order chi connectivity index (χ1) is 17.1. The van der Waals surface area contributed by atoms with E-state index in [9.17, 15) is 14.7 Å². The number of aliphatic hydroxyl groups is 1. The molecule has 0 bridgehead atoms. The van der Waals surface area contributed by atoms with Crippen molar-refractivity contribution in [2.45, 2.75) is 25.8 Å². The van der Waals surface area contributed by atoms with Gasteiger partial charge in [0.2, 0.25) is 0 Å². The number of hydrogen-bond acceptors (Lipinski definition) is 7. The first-order valence-electron chi connectivity index (χ1n) is 12.1. The van der Waals surface area contributed by atoms with Crippen LogP contribution in [0.15, 0.2) is 64.5 Å². The van der Waals surface area contributed by atoms with Gasteiger partial charge in [-0.15, -0.1) is 0 Å². The summed E-state index contributed by atoms with van der Waals surface area (Å²) < 4.78 is 16.3. The maximum Gasteiger partial charge on any atom is 0.290 e. The van der Waals surface area contributed by atoms with E-state index in [4.69, 9.17) is 13.9 Å². The first-order valence-corrected chi connectivity index (χ1v) is 12.1. The number of morpholine rings is 1. The van der Waals surface area contributed by atoms with Gasteiger partial charge in [-0.1, -0.05) is 19.1 Å². The lowest BCUT2D eigenvalue weighted by Gasteiger charge is -2.30. The topological polar surface area (TPSA) is 92.5 Å². The zero-order chi connectivity index (χ0) is 24.6. The van der Waals surface area contributed by atoms with Crippen LogP contribution in [0.5, 0.6) is 5.75 Å². The number of benzene rings is 1. The molecule has 186 valence electrons. The Morgan fingerprint density at radius 2 is 1.94 bits per heavy atom. The van der Waals surface area contributed by atoms with Crippen molar-refractivity contribution >= 4 is 17.8 Å². The molecule has 8 heteroatoms. The number of hydrogen-bond donors (Lipinski definition) is 1. The van der Waals surface area contributed by atoms with Gasteiger partial charge >= 0.3 is 0 Å². The minimum atomic E-state index is -0.679. The van der Waals surface area contributed by atoms with E-state index in [2.05, 4.69) is 4.90 Å². The van der Waals surface area contributed by atoms with Gasteiger partial charge in [-0.2, -0.15) is 0 Å². The van der Waals surface area contributed by atoms with Crippen LogP contribution in [0.4, 0.5) is 0 Å². The molecule has 8 nitrogen and oxygen atoms in total. The van der Waals surface area contributed by atoms with E-state index in [0.717, 1.165) is 43.8 Å². The van der Waals surface area contributed by atoms with Crippen molar-refractivity contribution < 1.29 is 28.6 Å². The normalized spacial score (nSPS) is 19.2. The van der Waals surface area contributed by atoms with Gasteiger partial charge in [0.15, 0.2) is 11.5 Å². The molecule has 1 fully saturated rings. The largest absolute Gasteiger partial charge is 0.503 e. The molecule has 1 aromatic carbocycles. The van der Waals surface area contributed by atoms with Gasteiger partial charge < -0.3 is 23.9 Å². The van der Waals surface area contributed by atoms with Crippen molar-refractivity contribution in [2.24, 2.45) is 0 Å². The van der Waals surface area contributed by atoms with Crippen LogP contribution in [0, 0.1) is 0 Å². The van der Waals surface area contributed by atoms with Crippen LogP contribution in [0.1, 0.15) is 37.1 Å². The molecule has 1 N–H and O–H groups in total. The van der Waals surface area contributed by atoms with Crippen LogP contribution >= 0.6 is 0 Å². The molecule has 2 aliphatic heterocycles. The Morgan fingerprint density at radius 3 is 2.63 bits per heavy atom.